The van der Waals surface area contributed by atoms with Crippen LogP contribution in [0.15, 0.2) is 23.6 Å². The van der Waals surface area contributed by atoms with E-state index in [1.54, 1.807) is 17.5 Å². The lowest BCUT2D eigenvalue weighted by atomic mass is 10.1. The van der Waals surface area contributed by atoms with Crippen LogP contribution >= 0.6 is 11.3 Å². The largest absolute Gasteiger partial charge is 0.494 e. The average molecular weight is 308 g/mol. The van der Waals surface area contributed by atoms with Crippen molar-refractivity contribution in [1.29, 1.82) is 0 Å². The Morgan fingerprint density at radius 2 is 2.24 bits per heavy atom. The van der Waals surface area contributed by atoms with E-state index in [1.165, 1.54) is 24.5 Å². The molecular weight excluding hydrogens is 291 g/mol. The van der Waals surface area contributed by atoms with Crippen LogP contribution in [0.3, 0.4) is 0 Å². The zero-order valence-electron chi connectivity index (χ0n) is 12.1. The fourth-order valence-corrected chi connectivity index (χ4v) is 2.57. The molecule has 0 saturated carbocycles. The summed E-state index contributed by atoms with van der Waals surface area (Å²) in [5.74, 6) is -0.0141. The Morgan fingerprint density at radius 1 is 1.48 bits per heavy atom. The Bertz CT molecular complexity index is 640. The molecular formula is C15H17FN2O2S. The fourth-order valence-electron chi connectivity index (χ4n) is 1.83. The Morgan fingerprint density at radius 3 is 2.86 bits per heavy atom. The van der Waals surface area contributed by atoms with Gasteiger partial charge in [-0.3, -0.25) is 4.79 Å². The third-order valence-electron chi connectivity index (χ3n) is 2.79. The van der Waals surface area contributed by atoms with E-state index in [1.807, 2.05) is 13.8 Å². The van der Waals surface area contributed by atoms with E-state index in [2.05, 4.69) is 10.3 Å². The molecule has 1 aromatic heterocycles. The molecule has 1 N–H and O–H groups in total. The predicted molar refractivity (Wildman–Crippen MR) is 82.1 cm³/mol. The molecule has 2 rings (SSSR count). The normalized spacial score (nSPS) is 10.7. The van der Waals surface area contributed by atoms with Crippen molar-refractivity contribution in [2.75, 3.05) is 12.4 Å². The third kappa shape index (κ3) is 4.01. The standard InChI is InChI=1S/C15H17FN2O2S/c1-9(2)6-14(19)18-15-17-12(8-21-15)10-4-5-13(20-3)11(16)7-10/h4-5,7-9H,6H2,1-3H3,(H,17,18,19). The second-order valence-corrected chi connectivity index (χ2v) is 5.89. The maximum atomic E-state index is 13.7. The summed E-state index contributed by atoms with van der Waals surface area (Å²) in [4.78, 5) is 16.0. The molecule has 0 aliphatic carbocycles. The van der Waals surface area contributed by atoms with Gasteiger partial charge in [-0.05, 0) is 24.1 Å². The minimum atomic E-state index is -0.437. The molecule has 21 heavy (non-hydrogen) atoms. The van der Waals surface area contributed by atoms with E-state index in [4.69, 9.17) is 4.74 Å². The van der Waals surface area contributed by atoms with Gasteiger partial charge in [0, 0.05) is 17.4 Å². The molecule has 0 aliphatic heterocycles. The molecule has 112 valence electrons. The zero-order chi connectivity index (χ0) is 15.4. The van der Waals surface area contributed by atoms with Crippen molar-refractivity contribution in [3.63, 3.8) is 0 Å². The summed E-state index contributed by atoms with van der Waals surface area (Å²) in [6.07, 6.45) is 0.450. The number of rotatable bonds is 5. The first-order chi connectivity index (χ1) is 9.99. The number of hydrogen-bond donors (Lipinski definition) is 1. The summed E-state index contributed by atoms with van der Waals surface area (Å²) in [6, 6.07) is 4.66. The van der Waals surface area contributed by atoms with Gasteiger partial charge in [-0.25, -0.2) is 9.37 Å². The van der Waals surface area contributed by atoms with Gasteiger partial charge in [0.25, 0.3) is 0 Å². The minimum Gasteiger partial charge on any atom is -0.494 e. The smallest absolute Gasteiger partial charge is 0.226 e. The SMILES string of the molecule is COc1ccc(-c2csc(NC(=O)CC(C)C)n2)cc1F. The van der Waals surface area contributed by atoms with Crippen LogP contribution in [0.5, 0.6) is 5.75 Å². The van der Waals surface area contributed by atoms with E-state index in [9.17, 15) is 9.18 Å². The number of anilines is 1. The van der Waals surface area contributed by atoms with Crippen LogP contribution in [0.2, 0.25) is 0 Å². The van der Waals surface area contributed by atoms with Crippen molar-refractivity contribution < 1.29 is 13.9 Å². The molecule has 4 nitrogen and oxygen atoms in total. The molecule has 0 bridgehead atoms. The number of methoxy groups -OCH3 is 1. The zero-order valence-corrected chi connectivity index (χ0v) is 13.0. The van der Waals surface area contributed by atoms with Gasteiger partial charge in [0.2, 0.25) is 5.91 Å². The summed E-state index contributed by atoms with van der Waals surface area (Å²) < 4.78 is 18.6. The number of ether oxygens (including phenoxy) is 1. The number of benzene rings is 1. The summed E-state index contributed by atoms with van der Waals surface area (Å²) >= 11 is 1.32. The van der Waals surface area contributed by atoms with Crippen molar-refractivity contribution in [3.8, 4) is 17.0 Å². The topological polar surface area (TPSA) is 51.2 Å². The van der Waals surface area contributed by atoms with Crippen LogP contribution in [0.25, 0.3) is 11.3 Å². The number of thiazole rings is 1. The molecule has 6 heteroatoms. The fraction of sp³-hybridized carbons (Fsp3) is 0.333. The highest BCUT2D eigenvalue weighted by Crippen LogP contribution is 2.28. The van der Waals surface area contributed by atoms with E-state index in [0.29, 0.717) is 28.7 Å². The molecule has 0 radical (unpaired) electrons. The van der Waals surface area contributed by atoms with Crippen LogP contribution in [0, 0.1) is 11.7 Å². The van der Waals surface area contributed by atoms with Crippen LogP contribution in [0.4, 0.5) is 9.52 Å². The molecule has 1 aromatic carbocycles. The first-order valence-corrected chi connectivity index (χ1v) is 7.47. The second-order valence-electron chi connectivity index (χ2n) is 5.03. The van der Waals surface area contributed by atoms with Crippen LogP contribution < -0.4 is 10.1 Å². The Kier molecular flexibility index (Phi) is 4.90. The van der Waals surface area contributed by atoms with E-state index >= 15 is 0 Å². The van der Waals surface area contributed by atoms with E-state index in [0.717, 1.165) is 0 Å². The van der Waals surface area contributed by atoms with Gasteiger partial charge in [0.1, 0.15) is 0 Å². The van der Waals surface area contributed by atoms with Crippen LogP contribution in [-0.4, -0.2) is 18.0 Å². The molecule has 0 atom stereocenters. The molecule has 2 aromatic rings. The summed E-state index contributed by atoms with van der Waals surface area (Å²) in [7, 11) is 1.42. The molecule has 0 aliphatic rings. The number of carbonyl (C=O) groups is 1. The van der Waals surface area contributed by atoms with Crippen molar-refractivity contribution in [3.05, 3.63) is 29.4 Å². The highest BCUT2D eigenvalue weighted by atomic mass is 32.1. The van der Waals surface area contributed by atoms with Gasteiger partial charge in [-0.2, -0.15) is 0 Å². The first kappa shape index (κ1) is 15.4. The van der Waals surface area contributed by atoms with Crippen molar-refractivity contribution in [1.82, 2.24) is 4.98 Å². The van der Waals surface area contributed by atoms with Gasteiger partial charge in [-0.15, -0.1) is 11.3 Å². The number of aromatic nitrogens is 1. The number of amides is 1. The van der Waals surface area contributed by atoms with Crippen LogP contribution in [-0.2, 0) is 4.79 Å². The summed E-state index contributed by atoms with van der Waals surface area (Å²) in [5.41, 5.74) is 1.27. The van der Waals surface area contributed by atoms with Crippen molar-refractivity contribution >= 4 is 22.4 Å². The predicted octanol–water partition coefficient (Wildman–Crippen LogP) is 3.94. The van der Waals surface area contributed by atoms with Gasteiger partial charge in [0.05, 0.1) is 12.8 Å². The lowest BCUT2D eigenvalue weighted by molar-refractivity contribution is -0.116. The highest BCUT2D eigenvalue weighted by Gasteiger charge is 2.11. The number of hydrogen-bond acceptors (Lipinski definition) is 4. The lowest BCUT2D eigenvalue weighted by Gasteiger charge is -2.04. The molecule has 1 amide bonds. The maximum absolute atomic E-state index is 13.7. The quantitative estimate of drug-likeness (QED) is 0.910. The van der Waals surface area contributed by atoms with Gasteiger partial charge in [-0.1, -0.05) is 13.8 Å². The van der Waals surface area contributed by atoms with E-state index < -0.39 is 5.82 Å². The van der Waals surface area contributed by atoms with Gasteiger partial charge >= 0.3 is 0 Å². The molecule has 0 fully saturated rings. The lowest BCUT2D eigenvalue weighted by Crippen LogP contribution is -2.13. The minimum absolute atomic E-state index is 0.0631. The van der Waals surface area contributed by atoms with Crippen molar-refractivity contribution in [2.24, 2.45) is 5.92 Å². The van der Waals surface area contributed by atoms with E-state index in [-0.39, 0.29) is 11.7 Å². The summed E-state index contributed by atoms with van der Waals surface area (Å²) in [5, 5.41) is 5.05. The Hall–Kier alpha value is -1.95. The van der Waals surface area contributed by atoms with Crippen LogP contribution in [0.1, 0.15) is 20.3 Å². The molecule has 0 spiro atoms. The number of carbonyl (C=O) groups excluding carboxylic acids is 1. The Labute approximate surface area is 127 Å². The van der Waals surface area contributed by atoms with Crippen molar-refractivity contribution in [2.45, 2.75) is 20.3 Å². The molecule has 0 saturated heterocycles. The number of nitrogens with zero attached hydrogens (tertiary/aromatic N) is 1. The number of nitrogens with one attached hydrogen (secondary N) is 1. The Balaban J connectivity index is 2.12. The molecule has 1 heterocycles. The third-order valence-corrected chi connectivity index (χ3v) is 3.55. The monoisotopic (exact) mass is 308 g/mol. The number of halogens is 1. The highest BCUT2D eigenvalue weighted by molar-refractivity contribution is 7.14. The summed E-state index contributed by atoms with van der Waals surface area (Å²) in [6.45, 7) is 3.96. The average Bonchev–Trinajstić information content (AvgIpc) is 2.86. The maximum Gasteiger partial charge on any atom is 0.226 e. The van der Waals surface area contributed by atoms with Gasteiger partial charge < -0.3 is 10.1 Å². The van der Waals surface area contributed by atoms with Gasteiger partial charge in [0.15, 0.2) is 16.7 Å². The second kappa shape index (κ2) is 6.67. The first-order valence-electron chi connectivity index (χ1n) is 6.59. The molecule has 0 unspecified atom stereocenters.